The molecule has 0 aliphatic carbocycles. The smallest absolute Gasteiger partial charge is 0.345 e. The van der Waals surface area contributed by atoms with E-state index in [2.05, 4.69) is 0 Å². The van der Waals surface area contributed by atoms with Gasteiger partial charge in [-0.15, -0.1) is 0 Å². The van der Waals surface area contributed by atoms with Gasteiger partial charge in [-0.05, 0) is 23.8 Å². The summed E-state index contributed by atoms with van der Waals surface area (Å²) in [6.45, 7) is 0. The quantitative estimate of drug-likeness (QED) is 0.731. The Hall–Kier alpha value is -1.78. The first-order valence-corrected chi connectivity index (χ1v) is 4.87. The number of benzene rings is 1. The van der Waals surface area contributed by atoms with Crippen LogP contribution in [0.2, 0.25) is 0 Å². The van der Waals surface area contributed by atoms with E-state index in [9.17, 15) is 18.0 Å². The number of alkyl halides is 3. The lowest BCUT2D eigenvalue weighted by molar-refractivity contribution is -0.137. The SMILES string of the molecule is CN(C)C(=O)/C=C\c1ccc(C(F)(F)F)cc1. The zero-order chi connectivity index (χ0) is 13.1. The zero-order valence-corrected chi connectivity index (χ0v) is 9.45. The Labute approximate surface area is 97.3 Å². The molecule has 0 aromatic heterocycles. The first-order valence-electron chi connectivity index (χ1n) is 4.87. The number of hydrogen-bond donors (Lipinski definition) is 0. The average molecular weight is 243 g/mol. The van der Waals surface area contributed by atoms with Crippen LogP contribution in [0, 0.1) is 0 Å². The number of rotatable bonds is 2. The molecular formula is C12H12F3NO. The molecule has 0 fully saturated rings. The number of amides is 1. The summed E-state index contributed by atoms with van der Waals surface area (Å²) in [6, 6.07) is 4.62. The van der Waals surface area contributed by atoms with Crippen LogP contribution in [-0.4, -0.2) is 24.9 Å². The van der Waals surface area contributed by atoms with E-state index < -0.39 is 11.7 Å². The summed E-state index contributed by atoms with van der Waals surface area (Å²) in [5.74, 6) is -0.218. The van der Waals surface area contributed by atoms with Gasteiger partial charge < -0.3 is 4.90 Å². The average Bonchev–Trinajstić information content (AvgIpc) is 2.25. The Morgan fingerprint density at radius 3 is 2.12 bits per heavy atom. The summed E-state index contributed by atoms with van der Waals surface area (Å²) in [6.07, 6.45) is -1.55. The van der Waals surface area contributed by atoms with Crippen LogP contribution in [0.5, 0.6) is 0 Å². The minimum absolute atomic E-state index is 0.218. The van der Waals surface area contributed by atoms with Crippen LogP contribution >= 0.6 is 0 Å². The maximum atomic E-state index is 12.3. The second kappa shape index (κ2) is 5.03. The second-order valence-corrected chi connectivity index (χ2v) is 3.69. The van der Waals surface area contributed by atoms with Crippen molar-refractivity contribution >= 4 is 12.0 Å². The lowest BCUT2D eigenvalue weighted by Crippen LogP contribution is -2.18. The first kappa shape index (κ1) is 13.3. The van der Waals surface area contributed by atoms with Crippen molar-refractivity contribution in [2.45, 2.75) is 6.18 Å². The van der Waals surface area contributed by atoms with Gasteiger partial charge in [-0.1, -0.05) is 12.1 Å². The fourth-order valence-electron chi connectivity index (χ4n) is 1.10. The largest absolute Gasteiger partial charge is 0.416 e. The summed E-state index contributed by atoms with van der Waals surface area (Å²) in [4.78, 5) is 12.6. The molecule has 1 aromatic carbocycles. The molecule has 5 heteroatoms. The molecule has 2 nitrogen and oxygen atoms in total. The van der Waals surface area contributed by atoms with Crippen molar-refractivity contribution in [3.05, 3.63) is 41.5 Å². The van der Waals surface area contributed by atoms with Gasteiger partial charge in [0.25, 0.3) is 0 Å². The highest BCUT2D eigenvalue weighted by molar-refractivity contribution is 5.91. The fraction of sp³-hybridized carbons (Fsp3) is 0.250. The summed E-state index contributed by atoms with van der Waals surface area (Å²) in [7, 11) is 3.19. The molecule has 0 heterocycles. The van der Waals surface area contributed by atoms with Crippen molar-refractivity contribution in [2.24, 2.45) is 0 Å². The third-order valence-corrected chi connectivity index (χ3v) is 2.10. The van der Waals surface area contributed by atoms with Gasteiger partial charge in [0.1, 0.15) is 0 Å². The number of nitrogens with zero attached hydrogens (tertiary/aromatic N) is 1. The van der Waals surface area contributed by atoms with Crippen LogP contribution in [0.15, 0.2) is 30.3 Å². The lowest BCUT2D eigenvalue weighted by Gasteiger charge is -2.06. The lowest BCUT2D eigenvalue weighted by atomic mass is 10.1. The summed E-state index contributed by atoms with van der Waals surface area (Å²) in [5, 5.41) is 0. The number of likely N-dealkylation sites (N-methyl/N-ethyl adjacent to an activating group) is 1. The number of carbonyl (C=O) groups is 1. The van der Waals surface area contributed by atoms with Gasteiger partial charge >= 0.3 is 6.18 Å². The monoisotopic (exact) mass is 243 g/mol. The van der Waals surface area contributed by atoms with Gasteiger partial charge in [-0.2, -0.15) is 13.2 Å². The number of carbonyl (C=O) groups excluding carboxylic acids is 1. The van der Waals surface area contributed by atoms with Gasteiger partial charge in [0.2, 0.25) is 5.91 Å². The van der Waals surface area contributed by atoms with Gasteiger partial charge in [0.15, 0.2) is 0 Å². The molecule has 0 spiro atoms. The Balaban J connectivity index is 2.79. The first-order chi connectivity index (χ1) is 7.80. The van der Waals surface area contributed by atoms with E-state index in [1.807, 2.05) is 0 Å². The highest BCUT2D eigenvalue weighted by Gasteiger charge is 2.29. The predicted molar refractivity (Wildman–Crippen MR) is 59.2 cm³/mol. The third kappa shape index (κ3) is 3.94. The van der Waals surface area contributed by atoms with Crippen LogP contribution in [0.25, 0.3) is 6.08 Å². The fourth-order valence-corrected chi connectivity index (χ4v) is 1.10. The number of hydrogen-bond acceptors (Lipinski definition) is 1. The predicted octanol–water partition coefficient (Wildman–Crippen LogP) is 2.81. The van der Waals surface area contributed by atoms with Crippen molar-refractivity contribution in [2.75, 3.05) is 14.1 Å². The van der Waals surface area contributed by atoms with Crippen molar-refractivity contribution in [1.82, 2.24) is 4.90 Å². The molecule has 1 aromatic rings. The van der Waals surface area contributed by atoms with E-state index in [0.29, 0.717) is 5.56 Å². The molecule has 0 aliphatic heterocycles. The summed E-state index contributed by atoms with van der Waals surface area (Å²) < 4.78 is 36.8. The molecule has 0 bridgehead atoms. The molecule has 0 N–H and O–H groups in total. The number of halogens is 3. The highest BCUT2D eigenvalue weighted by atomic mass is 19.4. The maximum Gasteiger partial charge on any atom is 0.416 e. The van der Waals surface area contributed by atoms with E-state index in [-0.39, 0.29) is 5.91 Å². The Bertz CT molecular complexity index is 418. The van der Waals surface area contributed by atoms with Crippen molar-refractivity contribution in [3.8, 4) is 0 Å². The van der Waals surface area contributed by atoms with Crippen LogP contribution in [0.4, 0.5) is 13.2 Å². The van der Waals surface area contributed by atoms with E-state index in [1.165, 1.54) is 29.2 Å². The Morgan fingerprint density at radius 1 is 1.18 bits per heavy atom. The molecule has 0 aliphatic rings. The summed E-state index contributed by atoms with van der Waals surface area (Å²) in [5.41, 5.74) is -0.151. The second-order valence-electron chi connectivity index (χ2n) is 3.69. The highest BCUT2D eigenvalue weighted by Crippen LogP contribution is 2.29. The van der Waals surface area contributed by atoms with Crippen molar-refractivity contribution < 1.29 is 18.0 Å². The Morgan fingerprint density at radius 2 is 1.71 bits per heavy atom. The Kier molecular flexibility index (Phi) is 3.93. The van der Waals surface area contributed by atoms with Gasteiger partial charge in [0.05, 0.1) is 5.56 Å². The molecule has 1 rings (SSSR count). The molecule has 0 saturated carbocycles. The molecule has 92 valence electrons. The third-order valence-electron chi connectivity index (χ3n) is 2.10. The van der Waals surface area contributed by atoms with Crippen molar-refractivity contribution in [3.63, 3.8) is 0 Å². The molecule has 0 atom stereocenters. The van der Waals surface area contributed by atoms with E-state index >= 15 is 0 Å². The minimum Gasteiger partial charge on any atom is -0.345 e. The van der Waals surface area contributed by atoms with Gasteiger partial charge in [-0.3, -0.25) is 4.79 Å². The molecule has 1 amide bonds. The van der Waals surface area contributed by atoms with Crippen LogP contribution in [0.1, 0.15) is 11.1 Å². The molecule has 0 unspecified atom stereocenters. The minimum atomic E-state index is -4.33. The van der Waals surface area contributed by atoms with E-state index in [1.54, 1.807) is 14.1 Å². The molecular weight excluding hydrogens is 231 g/mol. The molecule has 0 radical (unpaired) electrons. The normalized spacial score (nSPS) is 11.8. The van der Waals surface area contributed by atoms with Crippen LogP contribution < -0.4 is 0 Å². The topological polar surface area (TPSA) is 20.3 Å². The van der Waals surface area contributed by atoms with Gasteiger partial charge in [-0.25, -0.2) is 0 Å². The van der Waals surface area contributed by atoms with Gasteiger partial charge in [0, 0.05) is 20.2 Å². The van der Waals surface area contributed by atoms with Crippen molar-refractivity contribution in [1.29, 1.82) is 0 Å². The summed E-state index contributed by atoms with van der Waals surface area (Å²) >= 11 is 0. The standard InChI is InChI=1S/C12H12F3NO/c1-16(2)11(17)8-5-9-3-6-10(7-4-9)12(13,14)15/h3-8H,1-2H3/b8-5-. The van der Waals surface area contributed by atoms with Crippen LogP contribution in [0.3, 0.4) is 0 Å². The molecule has 0 saturated heterocycles. The van der Waals surface area contributed by atoms with Crippen LogP contribution in [-0.2, 0) is 11.0 Å². The van der Waals surface area contributed by atoms with E-state index in [0.717, 1.165) is 12.1 Å². The molecule has 17 heavy (non-hydrogen) atoms. The zero-order valence-electron chi connectivity index (χ0n) is 9.45. The van der Waals surface area contributed by atoms with E-state index in [4.69, 9.17) is 0 Å². The maximum absolute atomic E-state index is 12.3.